The van der Waals surface area contributed by atoms with E-state index in [2.05, 4.69) is 122 Å². The van der Waals surface area contributed by atoms with Crippen molar-refractivity contribution in [1.29, 1.82) is 0 Å². The number of Topliss-reactive ketones (excluding diaryl/α,β-unsaturated/α-hetero) is 1. The summed E-state index contributed by atoms with van der Waals surface area (Å²) in [6, 6.07) is 26.4. The maximum atomic E-state index is 11.9. The predicted molar refractivity (Wildman–Crippen MR) is 229 cm³/mol. The third-order valence-electron chi connectivity index (χ3n) is 9.09. The van der Waals surface area contributed by atoms with E-state index in [0.717, 1.165) is 60.8 Å². The molecule has 12 heteroatoms. The number of benzene rings is 2. The Labute approximate surface area is 344 Å². The Hall–Kier alpha value is -6.71. The zero-order valence-electron chi connectivity index (χ0n) is 32.2. The van der Waals surface area contributed by atoms with Crippen molar-refractivity contribution in [3.8, 4) is 11.4 Å². The number of hydrogen-bond donors (Lipinski definition) is 2. The number of pyridine rings is 3. The van der Waals surface area contributed by atoms with E-state index >= 15 is 0 Å². The van der Waals surface area contributed by atoms with Crippen molar-refractivity contribution in [1.82, 2.24) is 35.6 Å². The Morgan fingerprint density at radius 3 is 1.74 bits per heavy atom. The number of H-pyrrole nitrogens is 1. The van der Waals surface area contributed by atoms with Crippen LogP contribution in [0.2, 0.25) is 0 Å². The molecule has 2 aromatic carbocycles. The Bertz CT molecular complexity index is 2390. The van der Waals surface area contributed by atoms with Crippen LogP contribution in [0.15, 0.2) is 116 Å². The molecular formula is C46H48N8O3S. The number of carbonyl (C=O) groups excluding carboxylic acids is 1. The van der Waals surface area contributed by atoms with Crippen molar-refractivity contribution in [3.63, 3.8) is 0 Å². The third kappa shape index (κ3) is 13.5. The molecule has 0 atom stereocenters. The topological polar surface area (TPSA) is 152 Å². The molecule has 0 aliphatic heterocycles. The van der Waals surface area contributed by atoms with Crippen LogP contribution >= 0.6 is 11.3 Å². The van der Waals surface area contributed by atoms with Crippen molar-refractivity contribution in [2.45, 2.75) is 66.7 Å². The molecule has 5 heterocycles. The molecule has 0 aliphatic rings. The van der Waals surface area contributed by atoms with Crippen molar-refractivity contribution >= 4 is 23.1 Å². The number of ketones is 1. The minimum atomic E-state index is -0.884. The van der Waals surface area contributed by atoms with Gasteiger partial charge in [0.05, 0.1) is 5.56 Å². The van der Waals surface area contributed by atoms with E-state index in [1.165, 1.54) is 38.2 Å². The van der Waals surface area contributed by atoms with Gasteiger partial charge in [0.25, 0.3) is 6.54 Å². The molecule has 7 rings (SSSR count). The highest BCUT2D eigenvalue weighted by molar-refractivity contribution is 7.11. The van der Waals surface area contributed by atoms with Crippen molar-refractivity contribution in [2.24, 2.45) is 0 Å². The van der Waals surface area contributed by atoms with E-state index in [4.69, 9.17) is 11.7 Å². The fourth-order valence-corrected chi connectivity index (χ4v) is 6.85. The minimum Gasteiger partial charge on any atom is -0.478 e. The highest BCUT2D eigenvalue weighted by Crippen LogP contribution is 2.21. The number of carboxylic acids is 1. The fourth-order valence-electron chi connectivity index (χ4n) is 5.96. The van der Waals surface area contributed by atoms with Crippen LogP contribution in [-0.4, -0.2) is 59.0 Å². The first-order valence-electron chi connectivity index (χ1n) is 18.5. The second-order valence-electron chi connectivity index (χ2n) is 13.4. The lowest BCUT2D eigenvalue weighted by Gasteiger charge is -2.06. The average molecular weight is 793 g/mol. The first-order valence-corrected chi connectivity index (χ1v) is 19.3. The molecule has 0 saturated carbocycles. The Morgan fingerprint density at radius 1 is 0.672 bits per heavy atom. The fraction of sp³-hybridized carbons (Fsp3) is 0.239. The van der Waals surface area contributed by atoms with E-state index in [0.29, 0.717) is 17.0 Å². The number of aromatic amines is 1. The standard InChI is InChI=1S/C17H16N2O.C15H15N5.C13H13NO2S.CH4/c1-13-3-5-14(6-4-13)7-8-15-11-19-10-9-16(15)17(20)12-18-2;1-11-2-4-12(5-3-11)6-7-13-10-16-9-8-14(13)15-17-19-20-18-15;1-9-2-4-11(17-9)5-3-10-8-14-7-6-12(10)13(15)16;/h3-6,9-11H,7-8,12H2,1H3;2-5,8-10H,6-7H2,1H3,(H,17,18,19,20);2,4,6-8H,3,5H2,1H3,(H,15,16);1H4. The van der Waals surface area contributed by atoms with Gasteiger partial charge < -0.3 is 9.95 Å². The number of nitrogens with zero attached hydrogens (tertiary/aromatic N) is 7. The molecule has 0 aliphatic carbocycles. The molecule has 296 valence electrons. The molecule has 0 unspecified atom stereocenters. The maximum absolute atomic E-state index is 11.9. The van der Waals surface area contributed by atoms with Crippen LogP contribution in [-0.2, 0) is 38.5 Å². The first kappa shape index (κ1) is 44.0. The van der Waals surface area contributed by atoms with Gasteiger partial charge in [0.15, 0.2) is 0 Å². The lowest BCUT2D eigenvalue weighted by atomic mass is 9.99. The second kappa shape index (κ2) is 22.7. The monoisotopic (exact) mass is 792 g/mol. The SMILES string of the molecule is C.Cc1ccc(CCc2cnccc2-c2nn[nH]n2)cc1.Cc1ccc(CCc2cnccc2C(=O)O)s1.[C-]#[N+]CC(=O)c1ccncc1CCc1ccc(C)cc1. The van der Waals surface area contributed by atoms with Crippen molar-refractivity contribution in [2.75, 3.05) is 6.54 Å². The van der Waals surface area contributed by atoms with Gasteiger partial charge in [-0.15, -0.1) is 21.5 Å². The molecule has 0 saturated heterocycles. The Morgan fingerprint density at radius 2 is 1.21 bits per heavy atom. The number of aryl methyl sites for hydroxylation is 9. The summed E-state index contributed by atoms with van der Waals surface area (Å²) in [5, 5.41) is 23.2. The van der Waals surface area contributed by atoms with E-state index in [9.17, 15) is 9.59 Å². The van der Waals surface area contributed by atoms with Crippen LogP contribution in [0.5, 0.6) is 0 Å². The Balaban J connectivity index is 0.000000192. The van der Waals surface area contributed by atoms with Gasteiger partial charge in [-0.2, -0.15) is 5.21 Å². The van der Waals surface area contributed by atoms with Crippen LogP contribution in [0.4, 0.5) is 0 Å². The first-order chi connectivity index (χ1) is 27.7. The van der Waals surface area contributed by atoms with Crippen LogP contribution in [0, 0.1) is 27.3 Å². The minimum absolute atomic E-state index is 0. The molecule has 5 aromatic heterocycles. The van der Waals surface area contributed by atoms with Crippen LogP contribution in [0.3, 0.4) is 0 Å². The van der Waals surface area contributed by atoms with Gasteiger partial charge in [0, 0.05) is 58.1 Å². The number of carboxylic acid groups (broad SMARTS) is 1. The number of hydrogen-bond acceptors (Lipinski definition) is 9. The highest BCUT2D eigenvalue weighted by atomic mass is 32.1. The highest BCUT2D eigenvalue weighted by Gasteiger charge is 2.14. The van der Waals surface area contributed by atoms with Crippen LogP contribution in [0.1, 0.15) is 76.8 Å². The lowest BCUT2D eigenvalue weighted by Crippen LogP contribution is -2.07. The molecular weight excluding hydrogens is 745 g/mol. The van der Waals surface area contributed by atoms with Gasteiger partial charge in [0.1, 0.15) is 0 Å². The van der Waals surface area contributed by atoms with Gasteiger partial charge in [-0.05, 0) is 123 Å². The summed E-state index contributed by atoms with van der Waals surface area (Å²) >= 11 is 1.75. The van der Waals surface area contributed by atoms with E-state index in [1.807, 2.05) is 12.3 Å². The number of thiophene rings is 1. The predicted octanol–water partition coefficient (Wildman–Crippen LogP) is 9.20. The second-order valence-corrected chi connectivity index (χ2v) is 14.7. The van der Waals surface area contributed by atoms with Crippen LogP contribution in [0.25, 0.3) is 16.2 Å². The maximum Gasteiger partial charge on any atom is 0.336 e. The Kier molecular flexibility index (Phi) is 17.3. The average Bonchev–Trinajstić information content (AvgIpc) is 3.93. The summed E-state index contributed by atoms with van der Waals surface area (Å²) in [6.45, 7) is 12.9. The number of aromatic carboxylic acids is 1. The number of nitrogens with one attached hydrogen (secondary N) is 1. The zero-order valence-corrected chi connectivity index (χ0v) is 33.0. The number of carbonyl (C=O) groups is 2. The van der Waals surface area contributed by atoms with E-state index < -0.39 is 5.97 Å². The van der Waals surface area contributed by atoms with Gasteiger partial charge in [-0.1, -0.05) is 67.1 Å². The van der Waals surface area contributed by atoms with E-state index in [1.54, 1.807) is 48.3 Å². The quantitative estimate of drug-likeness (QED) is 0.0860. The molecule has 7 aromatic rings. The van der Waals surface area contributed by atoms with Gasteiger partial charge in [-0.3, -0.25) is 19.7 Å². The summed E-state index contributed by atoms with van der Waals surface area (Å²) in [5.74, 6) is -0.391. The number of tetrazole rings is 1. The number of aromatic nitrogens is 7. The van der Waals surface area contributed by atoms with Gasteiger partial charge in [-0.25, -0.2) is 11.4 Å². The zero-order chi connectivity index (χ0) is 40.4. The molecule has 0 amide bonds. The van der Waals surface area contributed by atoms with Crippen molar-refractivity contribution < 1.29 is 14.7 Å². The summed E-state index contributed by atoms with van der Waals surface area (Å²) in [5.41, 5.74) is 9.90. The largest absolute Gasteiger partial charge is 0.478 e. The third-order valence-corrected chi connectivity index (χ3v) is 10.2. The molecule has 2 N–H and O–H groups in total. The molecule has 58 heavy (non-hydrogen) atoms. The summed E-state index contributed by atoms with van der Waals surface area (Å²) in [7, 11) is 0. The number of rotatable bonds is 13. The molecule has 0 spiro atoms. The molecule has 0 radical (unpaired) electrons. The van der Waals surface area contributed by atoms with Crippen molar-refractivity contribution in [3.05, 3.63) is 187 Å². The summed E-state index contributed by atoms with van der Waals surface area (Å²) < 4.78 is 0. The van der Waals surface area contributed by atoms with Gasteiger partial charge in [0.2, 0.25) is 11.6 Å². The lowest BCUT2D eigenvalue weighted by molar-refractivity contribution is 0.0695. The molecule has 11 nitrogen and oxygen atoms in total. The smallest absolute Gasteiger partial charge is 0.336 e. The van der Waals surface area contributed by atoms with E-state index in [-0.39, 0.29) is 19.8 Å². The van der Waals surface area contributed by atoms with Crippen LogP contribution < -0.4 is 0 Å². The molecule has 0 fully saturated rings. The summed E-state index contributed by atoms with van der Waals surface area (Å²) in [4.78, 5) is 40.9. The molecule has 0 bridgehead atoms. The normalized spacial score (nSPS) is 10.2. The van der Waals surface area contributed by atoms with Gasteiger partial charge >= 0.3 is 5.97 Å². The summed E-state index contributed by atoms with van der Waals surface area (Å²) in [6.07, 6.45) is 15.2.